The first kappa shape index (κ1) is 41.5. The average Bonchev–Trinajstić information content (AvgIpc) is 3.91. The first-order valence-electron chi connectivity index (χ1n) is 16.4. The minimum Gasteiger partial charge on any atom is -0.494 e. The number of amides is 2. The fraction of sp³-hybridized carbons (Fsp3) is 0.472. The number of hydrogen-bond donors (Lipinski definition) is 6. The van der Waals surface area contributed by atoms with Crippen molar-refractivity contribution in [3.63, 3.8) is 0 Å². The van der Waals surface area contributed by atoms with Crippen LogP contribution in [0.1, 0.15) is 69.5 Å². The number of carbonyl (C=O) groups excluding carboxylic acids is 2. The maximum absolute atomic E-state index is 12.1. The molecule has 48 heavy (non-hydrogen) atoms. The fourth-order valence-electron chi connectivity index (χ4n) is 4.66. The number of hydrogen-bond acceptors (Lipinski definition) is 9. The number of likely N-dealkylation sites (tertiary alicyclic amines) is 1. The standard InChI is InChI=1S/C21H28N6O3.C11H16N2.C3H8.CH5N/c1-5-13(22)17-11(2)6-9-14(19(17)30-4)26-15(18(24)21(29)25-3)10-16(23)27-20(28)12-7-8-12;1-9-6-13(7-9)8-11-5-3-4-10(2)12-11;1-3-2;1-2/h5-6,9-10,12,24,26H,7-8,22H2,1-4H3,(H,25,29)(H2,23,27,28);3-5,9H,6-8H2,1-2H3;3H2,1-2H3;2H2,1H3/b13-5-,15-10+,24-18?;;;. The first-order valence-corrected chi connectivity index (χ1v) is 16.4. The Morgan fingerprint density at radius 1 is 1.12 bits per heavy atom. The van der Waals surface area contributed by atoms with Crippen LogP contribution in [0.5, 0.6) is 5.75 Å². The molecule has 1 aromatic carbocycles. The molecule has 264 valence electrons. The lowest BCUT2D eigenvalue weighted by Gasteiger charge is -2.36. The van der Waals surface area contributed by atoms with Crippen LogP contribution in [0.25, 0.3) is 5.70 Å². The molecule has 1 aliphatic carbocycles. The van der Waals surface area contributed by atoms with Crippen LogP contribution in [0.15, 0.2) is 53.2 Å². The van der Waals surface area contributed by atoms with Crippen molar-refractivity contribution in [2.24, 2.45) is 34.0 Å². The molecule has 12 heteroatoms. The highest BCUT2D eigenvalue weighted by atomic mass is 16.5. The Morgan fingerprint density at radius 3 is 2.25 bits per heavy atom. The van der Waals surface area contributed by atoms with Gasteiger partial charge in [0.25, 0.3) is 11.8 Å². The Kier molecular flexibility index (Phi) is 18.4. The summed E-state index contributed by atoms with van der Waals surface area (Å²) in [6.07, 6.45) is 5.89. The number of carbonyl (C=O) groups is 2. The molecule has 0 unspecified atom stereocenters. The first-order chi connectivity index (χ1) is 22.9. The summed E-state index contributed by atoms with van der Waals surface area (Å²) in [6.45, 7) is 15.8. The van der Waals surface area contributed by atoms with Gasteiger partial charge in [-0.1, -0.05) is 45.4 Å². The average molecular weight is 664 g/mol. The molecule has 0 radical (unpaired) electrons. The lowest BCUT2D eigenvalue weighted by molar-refractivity contribution is -0.119. The predicted molar refractivity (Wildman–Crippen MR) is 198 cm³/mol. The summed E-state index contributed by atoms with van der Waals surface area (Å²) in [4.78, 5) is 34.8. The third-order valence-corrected chi connectivity index (χ3v) is 7.09. The number of ether oxygens (including phenoxy) is 1. The maximum atomic E-state index is 12.1. The number of aliphatic imine (C=N–C) groups is 1. The quantitative estimate of drug-likeness (QED) is 0.156. The summed E-state index contributed by atoms with van der Waals surface area (Å²) in [5.41, 5.74) is 21.1. The molecule has 1 aliphatic heterocycles. The van der Waals surface area contributed by atoms with Crippen molar-refractivity contribution in [3.05, 3.63) is 70.7 Å². The van der Waals surface area contributed by atoms with E-state index in [0.29, 0.717) is 22.7 Å². The summed E-state index contributed by atoms with van der Waals surface area (Å²) in [6, 6.07) is 9.82. The van der Waals surface area contributed by atoms with Gasteiger partial charge in [0.2, 0.25) is 0 Å². The molecular formula is C36H57N9O3. The van der Waals surface area contributed by atoms with E-state index in [0.717, 1.165) is 36.6 Å². The van der Waals surface area contributed by atoms with Crippen LogP contribution in [0.4, 0.5) is 5.69 Å². The third kappa shape index (κ3) is 13.3. The number of allylic oxidation sites excluding steroid dienone is 1. The molecule has 12 nitrogen and oxygen atoms in total. The Bertz CT molecular complexity index is 1460. The molecule has 1 aromatic heterocycles. The number of benzene rings is 1. The zero-order chi connectivity index (χ0) is 36.4. The van der Waals surface area contributed by atoms with Gasteiger partial charge in [-0.3, -0.25) is 24.9 Å². The summed E-state index contributed by atoms with van der Waals surface area (Å²) in [5.74, 6) is 0.216. The molecule has 4 rings (SSSR count). The predicted octanol–water partition coefficient (Wildman–Crippen LogP) is 4.51. The second-order valence-corrected chi connectivity index (χ2v) is 11.6. The molecule has 2 heterocycles. The number of amidine groups is 1. The van der Waals surface area contributed by atoms with Crippen LogP contribution in [0.3, 0.4) is 0 Å². The number of aromatic nitrogens is 1. The molecule has 1 saturated heterocycles. The molecule has 9 N–H and O–H groups in total. The number of rotatable bonds is 10. The summed E-state index contributed by atoms with van der Waals surface area (Å²) < 4.78 is 5.56. The second-order valence-electron chi connectivity index (χ2n) is 11.6. The SMILES string of the molecule is C/C=C(\N)c1c(C)ccc(N/C(=C/C(N)=NC(=O)C2CC2)C(=N)C(=O)NC)c1OC.CCC.CN.Cc1cccc(CN2CC(C)C2)n1. The van der Waals surface area contributed by atoms with E-state index in [1.165, 1.54) is 52.5 Å². The highest BCUT2D eigenvalue weighted by molar-refractivity contribution is 6.45. The second kappa shape index (κ2) is 21.3. The van der Waals surface area contributed by atoms with E-state index in [2.05, 4.69) is 64.1 Å². The van der Waals surface area contributed by atoms with Crippen molar-refractivity contribution >= 4 is 34.7 Å². The van der Waals surface area contributed by atoms with Gasteiger partial charge in [-0.2, -0.15) is 4.99 Å². The van der Waals surface area contributed by atoms with Gasteiger partial charge >= 0.3 is 0 Å². The Labute approximate surface area is 286 Å². The number of methoxy groups -OCH3 is 1. The van der Waals surface area contributed by atoms with Crippen molar-refractivity contribution in [1.29, 1.82) is 5.41 Å². The Morgan fingerprint density at radius 2 is 1.75 bits per heavy atom. The van der Waals surface area contributed by atoms with Crippen LogP contribution < -0.4 is 32.6 Å². The number of nitrogens with one attached hydrogen (secondary N) is 3. The molecule has 0 atom stereocenters. The fourth-order valence-corrected chi connectivity index (χ4v) is 4.66. The third-order valence-electron chi connectivity index (χ3n) is 7.09. The minimum absolute atomic E-state index is 0.0614. The van der Waals surface area contributed by atoms with Crippen LogP contribution in [0.2, 0.25) is 0 Å². The largest absolute Gasteiger partial charge is 0.494 e. The van der Waals surface area contributed by atoms with Crippen molar-refractivity contribution in [3.8, 4) is 5.75 Å². The Hall–Kier alpha value is -4.55. The number of aryl methyl sites for hydroxylation is 2. The van der Waals surface area contributed by atoms with Crippen LogP contribution in [0, 0.1) is 31.1 Å². The molecule has 0 spiro atoms. The normalized spacial score (nSPS) is 14.8. The van der Waals surface area contributed by atoms with Gasteiger partial charge in [-0.25, -0.2) is 0 Å². The number of nitrogens with zero attached hydrogens (tertiary/aromatic N) is 3. The molecule has 2 aliphatic rings. The van der Waals surface area contributed by atoms with Crippen LogP contribution >= 0.6 is 0 Å². The summed E-state index contributed by atoms with van der Waals surface area (Å²) in [7, 11) is 4.42. The minimum atomic E-state index is -0.630. The van der Waals surface area contributed by atoms with Crippen molar-refractivity contribution < 1.29 is 14.3 Å². The smallest absolute Gasteiger partial charge is 0.271 e. The van der Waals surface area contributed by atoms with Gasteiger partial charge in [0.15, 0.2) is 5.75 Å². The molecule has 2 amide bonds. The maximum Gasteiger partial charge on any atom is 0.271 e. The van der Waals surface area contributed by atoms with Crippen molar-refractivity contribution in [2.75, 3.05) is 39.6 Å². The lowest BCUT2D eigenvalue weighted by Crippen LogP contribution is -2.44. The number of anilines is 1. The van der Waals surface area contributed by atoms with Crippen LogP contribution in [-0.2, 0) is 16.1 Å². The lowest BCUT2D eigenvalue weighted by atomic mass is 10.0. The van der Waals surface area contributed by atoms with Gasteiger partial charge in [-0.15, -0.1) is 0 Å². The van der Waals surface area contributed by atoms with Crippen LogP contribution in [-0.4, -0.2) is 67.5 Å². The highest BCUT2D eigenvalue weighted by Gasteiger charge is 2.29. The zero-order valence-electron chi connectivity index (χ0n) is 30.2. The number of pyridine rings is 1. The zero-order valence-corrected chi connectivity index (χ0v) is 30.2. The van der Waals surface area contributed by atoms with E-state index < -0.39 is 5.91 Å². The van der Waals surface area contributed by atoms with E-state index in [9.17, 15) is 9.59 Å². The van der Waals surface area contributed by atoms with Gasteiger partial charge in [0.05, 0.1) is 24.2 Å². The van der Waals surface area contributed by atoms with E-state index in [1.807, 2.05) is 32.9 Å². The van der Waals surface area contributed by atoms with Gasteiger partial charge < -0.3 is 32.6 Å². The monoisotopic (exact) mass is 663 g/mol. The molecule has 1 saturated carbocycles. The van der Waals surface area contributed by atoms with Crippen molar-refractivity contribution in [1.82, 2.24) is 15.2 Å². The topological polar surface area (TPSA) is 198 Å². The van der Waals surface area contributed by atoms with E-state index in [1.54, 1.807) is 12.1 Å². The molecule has 2 aromatic rings. The van der Waals surface area contributed by atoms with Gasteiger partial charge in [-0.05, 0) is 70.3 Å². The van der Waals surface area contributed by atoms with Crippen molar-refractivity contribution in [2.45, 2.75) is 67.3 Å². The molecular weight excluding hydrogens is 606 g/mol. The number of nitrogens with two attached hydrogens (primary N) is 3. The molecule has 2 fully saturated rings. The molecule has 0 bridgehead atoms. The van der Waals surface area contributed by atoms with Gasteiger partial charge in [0.1, 0.15) is 11.5 Å². The van der Waals surface area contributed by atoms with E-state index >= 15 is 0 Å². The summed E-state index contributed by atoms with van der Waals surface area (Å²) in [5, 5.41) is 13.6. The van der Waals surface area contributed by atoms with E-state index in [4.69, 9.17) is 21.6 Å². The van der Waals surface area contributed by atoms with Gasteiger partial charge in [0, 0.05) is 55.6 Å². The highest BCUT2D eigenvalue weighted by Crippen LogP contribution is 2.35. The summed E-state index contributed by atoms with van der Waals surface area (Å²) >= 11 is 0. The van der Waals surface area contributed by atoms with E-state index in [-0.39, 0.29) is 29.1 Å². The Balaban J connectivity index is 0.000000525.